The molecule has 2 rings (SSSR count). The van der Waals surface area contributed by atoms with E-state index in [0.717, 1.165) is 6.07 Å². The van der Waals surface area contributed by atoms with Crippen LogP contribution in [-0.4, -0.2) is 5.11 Å². The summed E-state index contributed by atoms with van der Waals surface area (Å²) in [7, 11) is 0. The first-order valence-corrected chi connectivity index (χ1v) is 5.97. The van der Waals surface area contributed by atoms with Gasteiger partial charge in [-0.1, -0.05) is 11.6 Å². The number of hydrogen-bond acceptors (Lipinski definition) is 1. The number of rotatable bonds is 2. The first-order chi connectivity index (χ1) is 9.31. The summed E-state index contributed by atoms with van der Waals surface area (Å²) in [6.07, 6.45) is -1.76. The maximum atomic E-state index is 13.7. The lowest BCUT2D eigenvalue weighted by atomic mass is 9.98. The third-order valence-electron chi connectivity index (χ3n) is 2.91. The van der Waals surface area contributed by atoms with Gasteiger partial charge in [0.1, 0.15) is 29.4 Å². The van der Waals surface area contributed by atoms with E-state index >= 15 is 0 Å². The first-order valence-electron chi connectivity index (χ1n) is 5.59. The molecule has 0 aliphatic carbocycles. The Hall–Kier alpha value is -1.59. The molecule has 2 aromatic carbocycles. The lowest BCUT2D eigenvalue weighted by Crippen LogP contribution is -2.07. The molecule has 0 radical (unpaired) electrons. The highest BCUT2D eigenvalue weighted by molar-refractivity contribution is 6.30. The average Bonchev–Trinajstić information content (AvgIpc) is 2.37. The Balaban J connectivity index is 2.54. The minimum absolute atomic E-state index is 0.0790. The van der Waals surface area contributed by atoms with Crippen molar-refractivity contribution >= 4 is 11.6 Å². The van der Waals surface area contributed by atoms with Crippen LogP contribution in [-0.2, 0) is 0 Å². The molecule has 0 aliphatic rings. The summed E-state index contributed by atoms with van der Waals surface area (Å²) in [6.45, 7) is 1.36. The molecule has 20 heavy (non-hydrogen) atoms. The van der Waals surface area contributed by atoms with Gasteiger partial charge in [-0.2, -0.15) is 0 Å². The quantitative estimate of drug-likeness (QED) is 0.648. The van der Waals surface area contributed by atoms with Gasteiger partial charge in [-0.3, -0.25) is 0 Å². The van der Waals surface area contributed by atoms with Crippen molar-refractivity contribution in [3.05, 3.63) is 69.2 Å². The molecule has 6 heteroatoms. The van der Waals surface area contributed by atoms with Gasteiger partial charge in [-0.15, -0.1) is 0 Å². The molecule has 0 bridgehead atoms. The molecule has 0 amide bonds. The fourth-order valence-corrected chi connectivity index (χ4v) is 1.95. The molecular formula is C14H9ClF4O. The second kappa shape index (κ2) is 5.42. The van der Waals surface area contributed by atoms with Crippen LogP contribution >= 0.6 is 11.6 Å². The Labute approximate surface area is 117 Å². The summed E-state index contributed by atoms with van der Waals surface area (Å²) < 4.78 is 53.8. The zero-order valence-electron chi connectivity index (χ0n) is 10.2. The standard InChI is InChI=1S/C14H9ClF4O/c1-6-2-7(12(18)5-10(6)16)14(20)8-3-13(19)9(15)4-11(8)17/h2-5,14,20H,1H3. The Morgan fingerprint density at radius 3 is 2.05 bits per heavy atom. The number of aliphatic hydroxyl groups excluding tert-OH is 1. The summed E-state index contributed by atoms with van der Waals surface area (Å²) in [4.78, 5) is 0. The summed E-state index contributed by atoms with van der Waals surface area (Å²) in [5, 5.41) is 9.52. The normalized spacial score (nSPS) is 12.6. The number of halogens is 5. The van der Waals surface area contributed by atoms with Gasteiger partial charge in [0.15, 0.2) is 0 Å². The molecule has 0 aliphatic heterocycles. The predicted octanol–water partition coefficient (Wildman–Crippen LogP) is 4.29. The Bertz CT molecular complexity index is 615. The highest BCUT2D eigenvalue weighted by atomic mass is 35.5. The lowest BCUT2D eigenvalue weighted by molar-refractivity contribution is 0.209. The minimum atomic E-state index is -1.76. The second-order valence-corrected chi connectivity index (χ2v) is 4.72. The maximum absolute atomic E-state index is 13.7. The van der Waals surface area contributed by atoms with E-state index < -0.39 is 40.0 Å². The average molecular weight is 305 g/mol. The van der Waals surface area contributed by atoms with Crippen molar-refractivity contribution in [1.29, 1.82) is 0 Å². The second-order valence-electron chi connectivity index (χ2n) is 4.31. The molecule has 0 aromatic heterocycles. The van der Waals surface area contributed by atoms with Gasteiger partial charge in [0.25, 0.3) is 0 Å². The van der Waals surface area contributed by atoms with Gasteiger partial charge < -0.3 is 5.11 Å². The summed E-state index contributed by atoms with van der Waals surface area (Å²) in [5.41, 5.74) is -0.739. The van der Waals surface area contributed by atoms with Crippen LogP contribution in [0.25, 0.3) is 0 Å². The fourth-order valence-electron chi connectivity index (χ4n) is 1.80. The van der Waals surface area contributed by atoms with E-state index in [9.17, 15) is 22.7 Å². The van der Waals surface area contributed by atoms with E-state index in [0.29, 0.717) is 18.2 Å². The highest BCUT2D eigenvalue weighted by Crippen LogP contribution is 2.30. The van der Waals surface area contributed by atoms with Crippen LogP contribution in [0.5, 0.6) is 0 Å². The molecule has 1 N–H and O–H groups in total. The van der Waals surface area contributed by atoms with Crippen molar-refractivity contribution in [2.75, 3.05) is 0 Å². The zero-order valence-corrected chi connectivity index (χ0v) is 11.0. The van der Waals surface area contributed by atoms with E-state index in [1.807, 2.05) is 0 Å². The molecule has 1 nitrogen and oxygen atoms in total. The van der Waals surface area contributed by atoms with Crippen LogP contribution in [0.1, 0.15) is 22.8 Å². The molecule has 1 atom stereocenters. The van der Waals surface area contributed by atoms with Gasteiger partial charge in [-0.25, -0.2) is 17.6 Å². The van der Waals surface area contributed by atoms with Crippen molar-refractivity contribution in [1.82, 2.24) is 0 Å². The summed E-state index contributed by atoms with van der Waals surface area (Å²) >= 11 is 5.39. The number of benzene rings is 2. The molecule has 2 aromatic rings. The molecule has 1 unspecified atom stereocenters. The molecule has 0 heterocycles. The van der Waals surface area contributed by atoms with Gasteiger partial charge >= 0.3 is 0 Å². The lowest BCUT2D eigenvalue weighted by Gasteiger charge is -2.15. The summed E-state index contributed by atoms with van der Waals surface area (Å²) in [5.74, 6) is -3.76. The van der Waals surface area contributed by atoms with Crippen molar-refractivity contribution < 1.29 is 22.7 Å². The third kappa shape index (κ3) is 2.64. The Morgan fingerprint density at radius 1 is 0.850 bits per heavy atom. The molecule has 106 valence electrons. The first kappa shape index (κ1) is 14.8. The largest absolute Gasteiger partial charge is 0.383 e. The molecular weight excluding hydrogens is 296 g/mol. The van der Waals surface area contributed by atoms with Crippen LogP contribution in [0.3, 0.4) is 0 Å². The van der Waals surface area contributed by atoms with E-state index in [1.165, 1.54) is 6.92 Å². The van der Waals surface area contributed by atoms with Crippen LogP contribution < -0.4 is 0 Å². The summed E-state index contributed by atoms with van der Waals surface area (Å²) in [6, 6.07) is 2.99. The monoisotopic (exact) mass is 304 g/mol. The van der Waals surface area contributed by atoms with Crippen molar-refractivity contribution in [3.8, 4) is 0 Å². The Morgan fingerprint density at radius 2 is 1.40 bits per heavy atom. The van der Waals surface area contributed by atoms with E-state index in [1.54, 1.807) is 0 Å². The topological polar surface area (TPSA) is 20.2 Å². The number of aryl methyl sites for hydroxylation is 1. The fraction of sp³-hybridized carbons (Fsp3) is 0.143. The van der Waals surface area contributed by atoms with Crippen molar-refractivity contribution in [2.24, 2.45) is 0 Å². The van der Waals surface area contributed by atoms with Crippen LogP contribution in [0.15, 0.2) is 24.3 Å². The highest BCUT2D eigenvalue weighted by Gasteiger charge is 2.21. The van der Waals surface area contributed by atoms with Crippen molar-refractivity contribution in [2.45, 2.75) is 13.0 Å². The number of aliphatic hydroxyl groups is 1. The van der Waals surface area contributed by atoms with Crippen LogP contribution in [0.4, 0.5) is 17.6 Å². The SMILES string of the molecule is Cc1cc(C(O)c2cc(F)c(Cl)cc2F)c(F)cc1F. The van der Waals surface area contributed by atoms with E-state index in [-0.39, 0.29) is 11.1 Å². The van der Waals surface area contributed by atoms with Crippen LogP contribution in [0, 0.1) is 30.2 Å². The van der Waals surface area contributed by atoms with E-state index in [2.05, 4.69) is 0 Å². The Kier molecular flexibility index (Phi) is 4.01. The molecule has 0 saturated heterocycles. The molecule has 0 fully saturated rings. The van der Waals surface area contributed by atoms with Crippen molar-refractivity contribution in [3.63, 3.8) is 0 Å². The smallest absolute Gasteiger partial charge is 0.142 e. The third-order valence-corrected chi connectivity index (χ3v) is 3.20. The van der Waals surface area contributed by atoms with Gasteiger partial charge in [0, 0.05) is 17.2 Å². The van der Waals surface area contributed by atoms with Gasteiger partial charge in [0.2, 0.25) is 0 Å². The number of hydrogen-bond donors (Lipinski definition) is 1. The molecule has 0 saturated carbocycles. The van der Waals surface area contributed by atoms with Gasteiger partial charge in [-0.05, 0) is 30.7 Å². The van der Waals surface area contributed by atoms with Gasteiger partial charge in [0.05, 0.1) is 5.02 Å². The maximum Gasteiger partial charge on any atom is 0.142 e. The predicted molar refractivity (Wildman–Crippen MR) is 66.5 cm³/mol. The van der Waals surface area contributed by atoms with E-state index in [4.69, 9.17) is 11.6 Å². The van der Waals surface area contributed by atoms with Crippen LogP contribution in [0.2, 0.25) is 5.02 Å². The minimum Gasteiger partial charge on any atom is -0.383 e. The molecule has 0 spiro atoms. The zero-order chi connectivity index (χ0) is 15.0.